The minimum absolute atomic E-state index is 0.0755. The van der Waals surface area contributed by atoms with Crippen LogP contribution in [0.2, 0.25) is 0 Å². The Morgan fingerprint density at radius 3 is 2.52 bits per heavy atom. The molecule has 2 heterocycles. The van der Waals surface area contributed by atoms with Gasteiger partial charge in [-0.3, -0.25) is 14.9 Å². The largest absolute Gasteiger partial charge is 0.354 e. The van der Waals surface area contributed by atoms with Crippen molar-refractivity contribution in [2.45, 2.75) is 18.9 Å². The number of benzene rings is 2. The first-order chi connectivity index (χ1) is 14.8. The molecule has 0 aliphatic carbocycles. The van der Waals surface area contributed by atoms with Gasteiger partial charge in [-0.2, -0.15) is 0 Å². The normalized spacial score (nSPS) is 16.2. The molecule has 1 aliphatic heterocycles. The predicted molar refractivity (Wildman–Crippen MR) is 105 cm³/mol. The first-order valence-electron chi connectivity index (χ1n) is 9.45. The van der Waals surface area contributed by atoms with Crippen LogP contribution in [0.15, 0.2) is 36.4 Å². The first kappa shape index (κ1) is 20.5. The molecule has 0 radical (unpaired) electrons. The van der Waals surface area contributed by atoms with E-state index in [0.717, 1.165) is 6.07 Å². The van der Waals surface area contributed by atoms with Crippen molar-refractivity contribution in [1.29, 1.82) is 0 Å². The second-order valence-corrected chi connectivity index (χ2v) is 7.11. The fourth-order valence-corrected chi connectivity index (χ4v) is 3.60. The minimum Gasteiger partial charge on any atom is -0.354 e. The van der Waals surface area contributed by atoms with Gasteiger partial charge in [0.2, 0.25) is 11.8 Å². The molecule has 4 N–H and O–H groups in total. The third kappa shape index (κ3) is 4.23. The molecule has 1 unspecified atom stereocenters. The van der Waals surface area contributed by atoms with Crippen molar-refractivity contribution in [2.24, 2.45) is 0 Å². The molecule has 1 atom stereocenters. The molecule has 1 saturated heterocycles. The smallest absolute Gasteiger partial charge is 0.322 e. The molecular formula is C21H17F3N4O3. The van der Waals surface area contributed by atoms with Gasteiger partial charge < -0.3 is 15.6 Å². The first-order valence-corrected chi connectivity index (χ1v) is 9.45. The van der Waals surface area contributed by atoms with Crippen LogP contribution in [0.25, 0.3) is 22.2 Å². The lowest BCUT2D eigenvalue weighted by Gasteiger charge is -2.22. The molecule has 1 fully saturated rings. The topological polar surface area (TPSA) is 103 Å². The van der Waals surface area contributed by atoms with Crippen molar-refractivity contribution in [3.8, 4) is 11.3 Å². The van der Waals surface area contributed by atoms with Gasteiger partial charge in [-0.15, -0.1) is 0 Å². The molecule has 10 heteroatoms. The van der Waals surface area contributed by atoms with Crippen molar-refractivity contribution >= 4 is 28.7 Å². The quantitative estimate of drug-likeness (QED) is 0.500. The third-order valence-corrected chi connectivity index (χ3v) is 5.00. The number of aromatic amines is 1. The maximum atomic E-state index is 14.3. The summed E-state index contributed by atoms with van der Waals surface area (Å²) in [4.78, 5) is 38.0. The van der Waals surface area contributed by atoms with Crippen molar-refractivity contribution in [2.75, 3.05) is 6.54 Å². The highest BCUT2D eigenvalue weighted by atomic mass is 19.1. The van der Waals surface area contributed by atoms with Gasteiger partial charge in [0.25, 0.3) is 0 Å². The van der Waals surface area contributed by atoms with E-state index in [4.69, 9.17) is 0 Å². The molecule has 3 aromatic rings. The Labute approximate surface area is 174 Å². The summed E-state index contributed by atoms with van der Waals surface area (Å²) in [6.45, 7) is 0.0755. The van der Waals surface area contributed by atoms with Gasteiger partial charge in [0.05, 0.1) is 11.9 Å². The SMILES string of the molecule is O=C1CC(C(=O)NCCc2c(-c3ccc(F)cc3)[nH]c3c(F)cc(F)cc23)NC(=O)N1. The maximum absolute atomic E-state index is 14.3. The van der Waals surface area contributed by atoms with Gasteiger partial charge in [0, 0.05) is 23.7 Å². The third-order valence-electron chi connectivity index (χ3n) is 5.00. The second kappa shape index (κ2) is 8.13. The maximum Gasteiger partial charge on any atom is 0.322 e. The van der Waals surface area contributed by atoms with Crippen molar-refractivity contribution in [1.82, 2.24) is 20.9 Å². The van der Waals surface area contributed by atoms with Crippen LogP contribution in [0.4, 0.5) is 18.0 Å². The monoisotopic (exact) mass is 430 g/mol. The van der Waals surface area contributed by atoms with Crippen molar-refractivity contribution < 1.29 is 27.6 Å². The molecule has 7 nitrogen and oxygen atoms in total. The number of urea groups is 1. The zero-order chi connectivity index (χ0) is 22.1. The highest BCUT2D eigenvalue weighted by molar-refractivity contribution is 6.02. The summed E-state index contributed by atoms with van der Waals surface area (Å²) in [7, 11) is 0. The van der Waals surface area contributed by atoms with E-state index in [1.165, 1.54) is 30.3 Å². The van der Waals surface area contributed by atoms with Crippen molar-refractivity contribution in [3.63, 3.8) is 0 Å². The lowest BCUT2D eigenvalue weighted by atomic mass is 10.0. The number of carbonyl (C=O) groups excluding carboxylic acids is 3. The van der Waals surface area contributed by atoms with Gasteiger partial charge in [-0.05, 0) is 47.9 Å². The molecule has 160 valence electrons. The molecule has 31 heavy (non-hydrogen) atoms. The van der Waals surface area contributed by atoms with Gasteiger partial charge >= 0.3 is 6.03 Å². The highest BCUT2D eigenvalue weighted by Gasteiger charge is 2.29. The Kier molecular flexibility index (Phi) is 5.37. The van der Waals surface area contributed by atoms with E-state index in [9.17, 15) is 27.6 Å². The Morgan fingerprint density at radius 1 is 1.06 bits per heavy atom. The molecule has 4 rings (SSSR count). The number of halogens is 3. The average Bonchev–Trinajstić information content (AvgIpc) is 3.06. The number of imide groups is 1. The van der Waals surface area contributed by atoms with Crippen LogP contribution in [-0.2, 0) is 16.0 Å². The van der Waals surface area contributed by atoms with Gasteiger partial charge in [-0.1, -0.05) is 0 Å². The van der Waals surface area contributed by atoms with Crippen LogP contribution in [0.1, 0.15) is 12.0 Å². The number of nitrogens with one attached hydrogen (secondary N) is 4. The van der Waals surface area contributed by atoms with Crippen LogP contribution in [0.5, 0.6) is 0 Å². The van der Waals surface area contributed by atoms with E-state index in [1.807, 2.05) is 5.32 Å². The average molecular weight is 430 g/mol. The van der Waals surface area contributed by atoms with Crippen LogP contribution < -0.4 is 16.0 Å². The lowest BCUT2D eigenvalue weighted by Crippen LogP contribution is -2.57. The zero-order valence-electron chi connectivity index (χ0n) is 16.0. The molecule has 0 saturated carbocycles. The Morgan fingerprint density at radius 2 is 1.81 bits per heavy atom. The number of H-pyrrole nitrogens is 1. The fraction of sp³-hybridized carbons (Fsp3) is 0.190. The summed E-state index contributed by atoms with van der Waals surface area (Å²) >= 11 is 0. The van der Waals surface area contributed by atoms with Gasteiger partial charge in [0.1, 0.15) is 23.5 Å². The number of carbonyl (C=O) groups is 3. The van der Waals surface area contributed by atoms with Crippen LogP contribution >= 0.6 is 0 Å². The lowest BCUT2D eigenvalue weighted by molar-refractivity contribution is -0.128. The van der Waals surface area contributed by atoms with E-state index in [0.29, 0.717) is 22.2 Å². The standard InChI is InChI=1S/C21H17F3N4O3/c22-11-3-1-10(2-4-11)18-13(14-7-12(23)8-15(24)19(14)28-18)5-6-25-20(30)16-9-17(29)27-21(31)26-16/h1-4,7-8,16,28H,5-6,9H2,(H,25,30)(H2,26,27,29,31). The Bertz CT molecular complexity index is 1170. The van der Waals surface area contributed by atoms with Crippen LogP contribution in [0, 0.1) is 17.5 Å². The fourth-order valence-electron chi connectivity index (χ4n) is 3.60. The molecule has 0 bridgehead atoms. The Balaban J connectivity index is 1.59. The van der Waals surface area contributed by atoms with E-state index in [-0.39, 0.29) is 24.9 Å². The highest BCUT2D eigenvalue weighted by Crippen LogP contribution is 2.32. The van der Waals surface area contributed by atoms with Crippen LogP contribution in [-0.4, -0.2) is 35.4 Å². The van der Waals surface area contributed by atoms with E-state index in [2.05, 4.69) is 15.6 Å². The summed E-state index contributed by atoms with van der Waals surface area (Å²) in [6, 6.07) is 5.70. The minimum atomic E-state index is -1.00. The summed E-state index contributed by atoms with van der Waals surface area (Å²) in [5.41, 5.74) is 1.66. The summed E-state index contributed by atoms with van der Waals surface area (Å²) in [5, 5.41) is 7.31. The number of hydrogen-bond acceptors (Lipinski definition) is 3. The second-order valence-electron chi connectivity index (χ2n) is 7.11. The number of fused-ring (bicyclic) bond motifs is 1. The zero-order valence-corrected chi connectivity index (χ0v) is 16.0. The number of amides is 4. The molecular weight excluding hydrogens is 413 g/mol. The molecule has 1 aliphatic rings. The summed E-state index contributed by atoms with van der Waals surface area (Å²) in [6.07, 6.45) is -0.00385. The summed E-state index contributed by atoms with van der Waals surface area (Å²) < 4.78 is 41.5. The molecule has 0 spiro atoms. The summed E-state index contributed by atoms with van der Waals surface area (Å²) in [5.74, 6) is -3.08. The van der Waals surface area contributed by atoms with E-state index in [1.54, 1.807) is 0 Å². The predicted octanol–water partition coefficient (Wildman–Crippen LogP) is 2.51. The number of aromatic nitrogens is 1. The molecule has 4 amide bonds. The van der Waals surface area contributed by atoms with Crippen molar-refractivity contribution in [3.05, 3.63) is 59.4 Å². The number of rotatable bonds is 5. The number of hydrogen-bond donors (Lipinski definition) is 4. The Hall–Kier alpha value is -3.82. The molecule has 1 aromatic heterocycles. The van der Waals surface area contributed by atoms with Gasteiger partial charge in [-0.25, -0.2) is 18.0 Å². The van der Waals surface area contributed by atoms with Gasteiger partial charge in [0.15, 0.2) is 0 Å². The molecule has 2 aromatic carbocycles. The van der Waals surface area contributed by atoms with Crippen LogP contribution in [0.3, 0.4) is 0 Å². The van der Waals surface area contributed by atoms with E-state index >= 15 is 0 Å². The van der Waals surface area contributed by atoms with E-state index < -0.39 is 41.3 Å².